The number of rotatable bonds is 3. The topological polar surface area (TPSA) is 123 Å². The van der Waals surface area contributed by atoms with Crippen molar-refractivity contribution in [1.29, 1.82) is 5.26 Å². The molecule has 1 aromatic carbocycles. The van der Waals surface area contributed by atoms with Crippen LogP contribution in [-0.2, 0) is 0 Å². The number of amidine groups is 1. The zero-order valence-electron chi connectivity index (χ0n) is 9.75. The van der Waals surface area contributed by atoms with Gasteiger partial charge in [-0.15, -0.1) is 0 Å². The second-order valence-corrected chi connectivity index (χ2v) is 4.03. The highest BCUT2D eigenvalue weighted by Crippen LogP contribution is 2.19. The monoisotopic (exact) mass is 279 g/mol. The van der Waals surface area contributed by atoms with Gasteiger partial charge in [-0.25, -0.2) is 14.6 Å². The lowest BCUT2D eigenvalue weighted by molar-refractivity contribution is 0.0696. The predicted octanol–water partition coefficient (Wildman–Crippen LogP) is 1.50. The summed E-state index contributed by atoms with van der Waals surface area (Å²) < 4.78 is 0. The van der Waals surface area contributed by atoms with Gasteiger partial charge in [-0.2, -0.15) is 5.26 Å². The van der Waals surface area contributed by atoms with Gasteiger partial charge in [0.05, 0.1) is 16.8 Å². The van der Waals surface area contributed by atoms with Crippen LogP contribution in [0.25, 0.3) is 0 Å². The first-order chi connectivity index (χ1) is 8.97. The van der Waals surface area contributed by atoms with E-state index in [1.807, 2.05) is 0 Å². The average molecular weight is 279 g/mol. The number of benzene rings is 1. The minimum absolute atomic E-state index is 0.143. The van der Waals surface area contributed by atoms with Crippen molar-refractivity contribution >= 4 is 34.6 Å². The molecule has 0 radical (unpaired) electrons. The second-order valence-electron chi connectivity index (χ2n) is 3.24. The van der Waals surface area contributed by atoms with Crippen LogP contribution in [0.5, 0.6) is 0 Å². The van der Waals surface area contributed by atoms with Crippen LogP contribution in [0.1, 0.15) is 20.7 Å². The Labute approximate surface area is 112 Å². The predicted molar refractivity (Wildman–Crippen MR) is 69.7 cm³/mol. The van der Waals surface area contributed by atoms with Crippen LogP contribution in [0.3, 0.4) is 0 Å². The fourth-order valence-electron chi connectivity index (χ4n) is 1.21. The lowest BCUT2D eigenvalue weighted by Crippen LogP contribution is -2.12. The molecule has 8 heteroatoms. The number of nitrogens with zero attached hydrogens (tertiary/aromatic N) is 2. The Hall–Kier alpha value is -2.53. The zero-order chi connectivity index (χ0) is 14.4. The molecule has 0 bridgehead atoms. The maximum Gasteiger partial charge on any atom is 0.335 e. The Bertz CT molecular complexity index is 560. The smallest absolute Gasteiger partial charge is 0.335 e. The summed E-state index contributed by atoms with van der Waals surface area (Å²) in [4.78, 5) is 25.8. The van der Waals surface area contributed by atoms with Gasteiger partial charge in [0, 0.05) is 0 Å². The molecule has 0 aromatic heterocycles. The Kier molecular flexibility index (Phi) is 4.91. The first kappa shape index (κ1) is 14.5. The summed E-state index contributed by atoms with van der Waals surface area (Å²) in [6.07, 6.45) is 3.35. The van der Waals surface area contributed by atoms with Crippen molar-refractivity contribution in [2.24, 2.45) is 4.99 Å². The van der Waals surface area contributed by atoms with Gasteiger partial charge < -0.3 is 10.2 Å². The number of hydrogen-bond donors (Lipinski definition) is 3. The standard InChI is InChI=1S/C11H9N3O4S/c1-19-11(13-5-12)14-8-3-6(9(15)16)2-7(4-8)10(17)18/h2-4H,1H3,(H,13,14)(H,15,16)(H,17,18). The number of carboxylic acids is 2. The van der Waals surface area contributed by atoms with Gasteiger partial charge >= 0.3 is 11.9 Å². The van der Waals surface area contributed by atoms with Crippen LogP contribution in [0.4, 0.5) is 5.69 Å². The van der Waals surface area contributed by atoms with Crippen molar-refractivity contribution in [1.82, 2.24) is 5.32 Å². The molecule has 0 aliphatic rings. The molecule has 3 N–H and O–H groups in total. The molecular formula is C11H9N3O4S. The average Bonchev–Trinajstić information content (AvgIpc) is 2.37. The van der Waals surface area contributed by atoms with Crippen molar-refractivity contribution in [3.8, 4) is 6.19 Å². The summed E-state index contributed by atoms with van der Waals surface area (Å²) >= 11 is 1.14. The summed E-state index contributed by atoms with van der Waals surface area (Å²) in [5, 5.41) is 28.8. The van der Waals surface area contributed by atoms with Gasteiger partial charge in [-0.1, -0.05) is 11.8 Å². The molecule has 0 unspecified atom stereocenters. The summed E-state index contributed by atoms with van der Waals surface area (Å²) in [7, 11) is 0. The molecular weight excluding hydrogens is 270 g/mol. The van der Waals surface area contributed by atoms with Crippen LogP contribution in [-0.4, -0.2) is 33.6 Å². The molecule has 0 atom stereocenters. The minimum atomic E-state index is -1.25. The van der Waals surface area contributed by atoms with Crippen molar-refractivity contribution in [3.63, 3.8) is 0 Å². The molecule has 0 aliphatic heterocycles. The van der Waals surface area contributed by atoms with E-state index in [1.165, 1.54) is 12.1 Å². The number of aliphatic imine (C=N–C) groups is 1. The van der Waals surface area contributed by atoms with Crippen LogP contribution in [0, 0.1) is 11.5 Å². The van der Waals surface area contributed by atoms with E-state index < -0.39 is 11.9 Å². The van der Waals surface area contributed by atoms with Crippen LogP contribution in [0.15, 0.2) is 23.2 Å². The Balaban J connectivity index is 3.31. The first-order valence-electron chi connectivity index (χ1n) is 4.87. The number of aromatic carboxylic acids is 2. The van der Waals surface area contributed by atoms with E-state index in [2.05, 4.69) is 10.3 Å². The van der Waals surface area contributed by atoms with E-state index in [4.69, 9.17) is 15.5 Å². The van der Waals surface area contributed by atoms with Crippen molar-refractivity contribution in [2.75, 3.05) is 6.26 Å². The third-order valence-corrected chi connectivity index (χ3v) is 2.58. The molecule has 0 saturated carbocycles. The molecule has 98 valence electrons. The maximum absolute atomic E-state index is 10.9. The summed E-state index contributed by atoms with van der Waals surface area (Å²) in [5.74, 6) is -2.50. The normalized spacial score (nSPS) is 10.6. The number of nitrogens with one attached hydrogen (secondary N) is 1. The third kappa shape index (κ3) is 4.01. The molecule has 7 nitrogen and oxygen atoms in total. The number of hydrogen-bond acceptors (Lipinski definition) is 5. The number of carbonyl (C=O) groups is 2. The van der Waals surface area contributed by atoms with Crippen LogP contribution in [0.2, 0.25) is 0 Å². The van der Waals surface area contributed by atoms with E-state index in [0.29, 0.717) is 0 Å². The first-order valence-corrected chi connectivity index (χ1v) is 6.10. The molecule has 19 heavy (non-hydrogen) atoms. The molecule has 0 heterocycles. The molecule has 1 rings (SSSR count). The molecule has 0 fully saturated rings. The number of thioether (sulfide) groups is 1. The Morgan fingerprint density at radius 2 is 1.79 bits per heavy atom. The Morgan fingerprint density at radius 1 is 1.26 bits per heavy atom. The molecule has 0 spiro atoms. The van der Waals surface area contributed by atoms with Gasteiger partial charge in [0.25, 0.3) is 0 Å². The van der Waals surface area contributed by atoms with Gasteiger partial charge in [0.15, 0.2) is 11.4 Å². The van der Waals surface area contributed by atoms with E-state index in [-0.39, 0.29) is 22.0 Å². The highest BCUT2D eigenvalue weighted by Gasteiger charge is 2.11. The summed E-state index contributed by atoms with van der Waals surface area (Å²) in [5.41, 5.74) is -0.225. The van der Waals surface area contributed by atoms with E-state index in [0.717, 1.165) is 17.8 Å². The van der Waals surface area contributed by atoms with Crippen molar-refractivity contribution in [3.05, 3.63) is 29.3 Å². The van der Waals surface area contributed by atoms with Crippen molar-refractivity contribution in [2.45, 2.75) is 0 Å². The summed E-state index contributed by atoms with van der Waals surface area (Å²) in [6, 6.07) is 3.49. The minimum Gasteiger partial charge on any atom is -0.478 e. The van der Waals surface area contributed by atoms with Gasteiger partial charge in [-0.05, 0) is 24.5 Å². The lowest BCUT2D eigenvalue weighted by Gasteiger charge is -2.03. The lowest BCUT2D eigenvalue weighted by atomic mass is 10.1. The second kappa shape index (κ2) is 6.42. The fourth-order valence-corrected chi connectivity index (χ4v) is 1.56. The molecule has 0 amide bonds. The van der Waals surface area contributed by atoms with E-state index in [1.54, 1.807) is 12.4 Å². The quantitative estimate of drug-likeness (QED) is 0.331. The number of nitriles is 1. The van der Waals surface area contributed by atoms with E-state index in [9.17, 15) is 9.59 Å². The summed E-state index contributed by atoms with van der Waals surface area (Å²) in [6.45, 7) is 0. The van der Waals surface area contributed by atoms with Crippen molar-refractivity contribution < 1.29 is 19.8 Å². The highest BCUT2D eigenvalue weighted by atomic mass is 32.2. The fraction of sp³-hybridized carbons (Fsp3) is 0.0909. The largest absolute Gasteiger partial charge is 0.478 e. The molecule has 0 saturated heterocycles. The maximum atomic E-state index is 10.9. The third-order valence-electron chi connectivity index (χ3n) is 2.00. The van der Waals surface area contributed by atoms with Gasteiger partial charge in [-0.3, -0.25) is 5.32 Å². The SMILES string of the molecule is CSC(=Nc1cc(C(=O)O)cc(C(=O)O)c1)NC#N. The van der Waals surface area contributed by atoms with Crippen LogP contribution >= 0.6 is 11.8 Å². The molecule has 0 aliphatic carbocycles. The zero-order valence-corrected chi connectivity index (χ0v) is 10.6. The van der Waals surface area contributed by atoms with Gasteiger partial charge in [0.2, 0.25) is 0 Å². The number of carboxylic acid groups (broad SMARTS) is 2. The molecule has 1 aromatic rings. The van der Waals surface area contributed by atoms with Gasteiger partial charge in [0.1, 0.15) is 0 Å². The highest BCUT2D eigenvalue weighted by molar-refractivity contribution is 8.13. The van der Waals surface area contributed by atoms with E-state index >= 15 is 0 Å². The Morgan fingerprint density at radius 3 is 2.16 bits per heavy atom. The van der Waals surface area contributed by atoms with Crippen LogP contribution < -0.4 is 5.32 Å².